The summed E-state index contributed by atoms with van der Waals surface area (Å²) in [6.45, 7) is 11.2. The highest BCUT2D eigenvalue weighted by Crippen LogP contribution is 2.29. The zero-order chi connectivity index (χ0) is 46.0. The molecule has 0 bridgehead atoms. The Morgan fingerprint density at radius 1 is 0.683 bits per heavy atom. The van der Waals surface area contributed by atoms with Crippen LogP contribution in [0.1, 0.15) is 150 Å². The molecule has 2 aromatic rings. The van der Waals surface area contributed by atoms with Crippen LogP contribution in [0.4, 0.5) is 4.79 Å². The third kappa shape index (κ3) is 18.9. The van der Waals surface area contributed by atoms with Gasteiger partial charge in [-0.1, -0.05) is 61.7 Å². The van der Waals surface area contributed by atoms with Crippen molar-refractivity contribution in [3.05, 3.63) is 48.0 Å². The van der Waals surface area contributed by atoms with Gasteiger partial charge in [0.1, 0.15) is 35.4 Å². The molecule has 0 spiro atoms. The van der Waals surface area contributed by atoms with Gasteiger partial charge in [0.05, 0.1) is 0 Å². The highest BCUT2D eigenvalue weighted by molar-refractivity contribution is 5.90. The number of fused-ring (bicyclic) bond motifs is 1. The van der Waals surface area contributed by atoms with E-state index in [9.17, 15) is 28.8 Å². The average Bonchev–Trinajstić information content (AvgIpc) is 3.21. The molecule has 0 aliphatic heterocycles. The van der Waals surface area contributed by atoms with E-state index in [-0.39, 0.29) is 49.6 Å². The van der Waals surface area contributed by atoms with Gasteiger partial charge in [0.15, 0.2) is 0 Å². The van der Waals surface area contributed by atoms with Crippen LogP contribution in [-0.2, 0) is 44.6 Å². The fourth-order valence-electron chi connectivity index (χ4n) is 8.24. The van der Waals surface area contributed by atoms with Crippen LogP contribution in [0, 0.1) is 11.8 Å². The van der Waals surface area contributed by atoms with Crippen LogP contribution in [0.25, 0.3) is 10.8 Å². The number of nitrogens with two attached hydrogens (primary N) is 1. The summed E-state index contributed by atoms with van der Waals surface area (Å²) in [7, 11) is 0. The van der Waals surface area contributed by atoms with Crippen LogP contribution in [0.2, 0.25) is 0 Å². The van der Waals surface area contributed by atoms with E-state index in [1.807, 2.05) is 42.5 Å². The molecule has 14 heteroatoms. The number of rotatable bonds is 19. The van der Waals surface area contributed by atoms with Crippen molar-refractivity contribution in [2.75, 3.05) is 13.1 Å². The molecule has 0 heterocycles. The van der Waals surface area contributed by atoms with E-state index in [4.69, 9.17) is 19.9 Å². The van der Waals surface area contributed by atoms with Gasteiger partial charge in [-0.25, -0.2) is 14.4 Å². The number of hydrogen-bond acceptors (Lipinski definition) is 10. The highest BCUT2D eigenvalue weighted by Gasteiger charge is 2.32. The third-order valence-electron chi connectivity index (χ3n) is 11.6. The molecule has 0 radical (unpaired) electrons. The van der Waals surface area contributed by atoms with Gasteiger partial charge in [-0.05, 0) is 147 Å². The van der Waals surface area contributed by atoms with Crippen molar-refractivity contribution < 1.29 is 43.0 Å². The maximum absolute atomic E-state index is 13.8. The monoisotopic (exact) mass is 878 g/mol. The standard InChI is InChI=1S/C49H75N5O9/c1-48(2,3)62-42(55)28-27-40(46(59)63-49(4,5)6)54-47(60)53-39(45(58)61-38-18-10-8-7-9-11-19-38)20-14-15-29-51-44(57)41(52-43(56)36-25-21-33(32-50)22-26-36)31-34-23-24-35-16-12-13-17-37(35)30-34/h12-13,16-17,23-24,30,33,36,38-41H,7-11,14-15,18-22,25-29,31-32,50H2,1-6H3,(H,51,57)(H,52,56)(H2,53,54,60)/t33?,36?,39-,40-,41?/m0/s1. The molecular weight excluding hydrogens is 803 g/mol. The van der Waals surface area contributed by atoms with Crippen LogP contribution in [0.3, 0.4) is 0 Å². The Kier molecular flexibility index (Phi) is 20.2. The molecular formula is C49H75N5O9. The molecule has 14 nitrogen and oxygen atoms in total. The van der Waals surface area contributed by atoms with Gasteiger partial charge < -0.3 is 41.2 Å². The lowest BCUT2D eigenvalue weighted by Crippen LogP contribution is -2.53. The zero-order valence-electron chi connectivity index (χ0n) is 38.7. The Bertz CT molecular complexity index is 1810. The summed E-state index contributed by atoms with van der Waals surface area (Å²) in [6.07, 6.45) is 10.9. The number of ether oxygens (including phenoxy) is 3. The van der Waals surface area contributed by atoms with Crippen LogP contribution in [0.5, 0.6) is 0 Å². The van der Waals surface area contributed by atoms with Crippen molar-refractivity contribution >= 4 is 46.5 Å². The Morgan fingerprint density at radius 3 is 1.94 bits per heavy atom. The third-order valence-corrected chi connectivity index (χ3v) is 11.6. The van der Waals surface area contributed by atoms with Gasteiger partial charge in [-0.3, -0.25) is 14.4 Å². The molecule has 0 saturated heterocycles. The topological polar surface area (TPSA) is 204 Å². The lowest BCUT2D eigenvalue weighted by atomic mass is 9.81. The minimum Gasteiger partial charge on any atom is -0.461 e. The minimum atomic E-state index is -1.20. The van der Waals surface area contributed by atoms with Gasteiger partial charge in [0, 0.05) is 25.3 Å². The lowest BCUT2D eigenvalue weighted by Gasteiger charge is -2.28. The molecule has 2 aliphatic rings. The molecule has 0 aromatic heterocycles. The highest BCUT2D eigenvalue weighted by atomic mass is 16.6. The predicted octanol–water partition coefficient (Wildman–Crippen LogP) is 7.07. The van der Waals surface area contributed by atoms with E-state index in [1.54, 1.807) is 41.5 Å². The molecule has 4 amide bonds. The van der Waals surface area contributed by atoms with E-state index >= 15 is 0 Å². The average molecular weight is 878 g/mol. The number of nitrogens with one attached hydrogen (secondary N) is 4. The summed E-state index contributed by atoms with van der Waals surface area (Å²) in [6, 6.07) is 10.2. The number of amides is 4. The van der Waals surface area contributed by atoms with E-state index in [0.717, 1.165) is 87.0 Å². The molecule has 6 N–H and O–H groups in total. The lowest BCUT2D eigenvalue weighted by molar-refractivity contribution is -0.158. The second-order valence-electron chi connectivity index (χ2n) is 19.5. The quantitative estimate of drug-likeness (QED) is 0.0552. The Balaban J connectivity index is 1.41. The molecule has 63 heavy (non-hydrogen) atoms. The van der Waals surface area contributed by atoms with Gasteiger partial charge in [-0.15, -0.1) is 0 Å². The Hall–Kier alpha value is -4.72. The number of hydrogen-bond donors (Lipinski definition) is 5. The normalized spacial score (nSPS) is 19.0. The van der Waals surface area contributed by atoms with Crippen molar-refractivity contribution in [2.45, 2.75) is 186 Å². The molecule has 2 fully saturated rings. The van der Waals surface area contributed by atoms with E-state index in [0.29, 0.717) is 31.7 Å². The first-order chi connectivity index (χ1) is 29.9. The molecule has 2 aliphatic carbocycles. The molecule has 350 valence electrons. The van der Waals surface area contributed by atoms with Crippen LogP contribution < -0.4 is 27.0 Å². The summed E-state index contributed by atoms with van der Waals surface area (Å²) in [5, 5.41) is 13.6. The maximum Gasteiger partial charge on any atom is 0.329 e. The Labute approximate surface area is 374 Å². The van der Waals surface area contributed by atoms with Gasteiger partial charge in [-0.2, -0.15) is 0 Å². The maximum atomic E-state index is 13.8. The first kappa shape index (κ1) is 50.9. The van der Waals surface area contributed by atoms with E-state index in [2.05, 4.69) is 21.3 Å². The largest absolute Gasteiger partial charge is 0.461 e. The molecule has 2 saturated carbocycles. The number of esters is 3. The number of benzene rings is 2. The smallest absolute Gasteiger partial charge is 0.329 e. The summed E-state index contributed by atoms with van der Waals surface area (Å²) < 4.78 is 17.0. The number of carbonyl (C=O) groups excluding carboxylic acids is 6. The van der Waals surface area contributed by atoms with Gasteiger partial charge >= 0.3 is 23.9 Å². The van der Waals surface area contributed by atoms with Crippen LogP contribution >= 0.6 is 0 Å². The summed E-state index contributed by atoms with van der Waals surface area (Å²) >= 11 is 0. The van der Waals surface area contributed by atoms with Crippen molar-refractivity contribution in [3.8, 4) is 0 Å². The number of carbonyl (C=O) groups is 6. The van der Waals surface area contributed by atoms with Crippen molar-refractivity contribution in [1.29, 1.82) is 0 Å². The fraction of sp³-hybridized carbons (Fsp3) is 0.673. The molecule has 3 atom stereocenters. The predicted molar refractivity (Wildman–Crippen MR) is 243 cm³/mol. The first-order valence-corrected chi connectivity index (χ1v) is 23.4. The summed E-state index contributed by atoms with van der Waals surface area (Å²) in [5.41, 5.74) is 5.23. The van der Waals surface area contributed by atoms with Crippen LogP contribution in [-0.4, -0.2) is 84.3 Å². The second kappa shape index (κ2) is 24.9. The van der Waals surface area contributed by atoms with Gasteiger partial charge in [0.2, 0.25) is 11.8 Å². The van der Waals surface area contributed by atoms with Gasteiger partial charge in [0.25, 0.3) is 0 Å². The Morgan fingerprint density at radius 2 is 1.30 bits per heavy atom. The molecule has 1 unspecified atom stereocenters. The molecule has 4 rings (SSSR count). The van der Waals surface area contributed by atoms with Crippen molar-refractivity contribution in [3.63, 3.8) is 0 Å². The van der Waals surface area contributed by atoms with Crippen molar-refractivity contribution in [2.24, 2.45) is 17.6 Å². The molecule has 2 aromatic carbocycles. The first-order valence-electron chi connectivity index (χ1n) is 23.4. The summed E-state index contributed by atoms with van der Waals surface area (Å²) in [5.74, 6) is -2.00. The van der Waals surface area contributed by atoms with E-state index in [1.165, 1.54) is 0 Å². The number of urea groups is 1. The SMILES string of the molecule is CC(C)(C)OC(=O)CC[C@H](NC(=O)N[C@@H](CCCCNC(=O)C(Cc1ccc2ccccc2c1)NC(=O)C1CCC(CN)CC1)C(=O)OC1CCCCCCC1)C(=O)OC(C)(C)C. The minimum absolute atomic E-state index is 0.0775. The second-order valence-corrected chi connectivity index (χ2v) is 19.5. The van der Waals surface area contributed by atoms with Crippen LogP contribution in [0.15, 0.2) is 42.5 Å². The zero-order valence-corrected chi connectivity index (χ0v) is 38.7. The van der Waals surface area contributed by atoms with E-state index < -0.39 is 53.3 Å². The van der Waals surface area contributed by atoms with Crippen molar-refractivity contribution in [1.82, 2.24) is 21.3 Å². The summed E-state index contributed by atoms with van der Waals surface area (Å²) in [4.78, 5) is 80.4. The number of unbranched alkanes of at least 4 members (excludes halogenated alkanes) is 1. The fourth-order valence-corrected chi connectivity index (χ4v) is 8.24.